The van der Waals surface area contributed by atoms with Gasteiger partial charge in [0.25, 0.3) is 5.91 Å². The van der Waals surface area contributed by atoms with Gasteiger partial charge >= 0.3 is 0 Å². The van der Waals surface area contributed by atoms with E-state index < -0.39 is 0 Å². The minimum Gasteiger partial charge on any atom is -0.486 e. The Morgan fingerprint density at radius 3 is 2.64 bits per heavy atom. The lowest BCUT2D eigenvalue weighted by Crippen LogP contribution is -2.34. The maximum absolute atomic E-state index is 12.4. The number of fused-ring (bicyclic) bond motifs is 1. The fourth-order valence-electron chi connectivity index (χ4n) is 2.57. The fraction of sp³-hybridized carbons (Fsp3) is 0.105. The Labute approximate surface area is 175 Å². The van der Waals surface area contributed by atoms with E-state index >= 15 is 0 Å². The van der Waals surface area contributed by atoms with E-state index in [0.717, 1.165) is 11.3 Å². The molecule has 1 aliphatic heterocycles. The number of carbonyl (C=O) groups is 1. The third-order valence-corrected chi connectivity index (χ3v) is 5.11. The SMILES string of the molecule is O=C(NC(=S)Nc1nc(-c2ccc(Cl)cc2)cs1)c1ccc2c(c1)OCCO2. The second-order valence-corrected chi connectivity index (χ2v) is 7.51. The number of hydrogen-bond donors (Lipinski definition) is 2. The third kappa shape index (κ3) is 4.24. The number of amides is 1. The minimum absolute atomic E-state index is 0.164. The highest BCUT2D eigenvalue weighted by molar-refractivity contribution is 7.80. The Hall–Kier alpha value is -2.68. The van der Waals surface area contributed by atoms with Gasteiger partial charge in [-0.25, -0.2) is 4.98 Å². The number of aromatic nitrogens is 1. The molecule has 28 heavy (non-hydrogen) atoms. The van der Waals surface area contributed by atoms with E-state index in [9.17, 15) is 4.79 Å². The first-order valence-electron chi connectivity index (χ1n) is 8.32. The van der Waals surface area contributed by atoms with Crippen LogP contribution in [0.25, 0.3) is 11.3 Å². The van der Waals surface area contributed by atoms with E-state index in [1.165, 1.54) is 11.3 Å². The highest BCUT2D eigenvalue weighted by Crippen LogP contribution is 2.30. The molecule has 4 rings (SSSR count). The number of thiocarbonyl (C=S) groups is 1. The molecule has 2 heterocycles. The van der Waals surface area contributed by atoms with Gasteiger partial charge in [0.2, 0.25) is 0 Å². The first kappa shape index (κ1) is 18.7. The molecule has 0 aliphatic carbocycles. The zero-order valence-corrected chi connectivity index (χ0v) is 16.8. The van der Waals surface area contributed by atoms with E-state index in [1.54, 1.807) is 18.2 Å². The smallest absolute Gasteiger partial charge is 0.257 e. The van der Waals surface area contributed by atoms with Gasteiger partial charge in [0.15, 0.2) is 21.7 Å². The molecule has 0 fully saturated rings. The van der Waals surface area contributed by atoms with E-state index in [0.29, 0.717) is 40.4 Å². The van der Waals surface area contributed by atoms with E-state index in [-0.39, 0.29) is 11.0 Å². The van der Waals surface area contributed by atoms with Gasteiger partial charge in [-0.15, -0.1) is 11.3 Å². The summed E-state index contributed by atoms with van der Waals surface area (Å²) in [4.78, 5) is 16.9. The molecule has 0 saturated carbocycles. The molecule has 1 amide bonds. The zero-order chi connectivity index (χ0) is 19.5. The van der Waals surface area contributed by atoms with Crippen LogP contribution in [0.1, 0.15) is 10.4 Å². The number of halogens is 1. The Morgan fingerprint density at radius 2 is 1.86 bits per heavy atom. The summed E-state index contributed by atoms with van der Waals surface area (Å²) in [7, 11) is 0. The number of nitrogens with zero attached hydrogens (tertiary/aromatic N) is 1. The molecule has 3 aromatic rings. The predicted molar refractivity (Wildman–Crippen MR) is 114 cm³/mol. The van der Waals surface area contributed by atoms with Crippen LogP contribution in [0.4, 0.5) is 5.13 Å². The van der Waals surface area contributed by atoms with Crippen LogP contribution in [-0.4, -0.2) is 29.2 Å². The van der Waals surface area contributed by atoms with Crippen LogP contribution < -0.4 is 20.1 Å². The number of benzene rings is 2. The molecule has 1 aromatic heterocycles. The topological polar surface area (TPSA) is 72.5 Å². The summed E-state index contributed by atoms with van der Waals surface area (Å²) in [6.45, 7) is 0.955. The van der Waals surface area contributed by atoms with E-state index in [1.807, 2.05) is 29.6 Å². The maximum atomic E-state index is 12.4. The first-order valence-corrected chi connectivity index (χ1v) is 9.98. The van der Waals surface area contributed by atoms with Gasteiger partial charge in [0, 0.05) is 21.5 Å². The molecular formula is C19H14ClN3O3S2. The van der Waals surface area contributed by atoms with Crippen molar-refractivity contribution in [2.24, 2.45) is 0 Å². The summed E-state index contributed by atoms with van der Waals surface area (Å²) in [5.74, 6) is 0.829. The highest BCUT2D eigenvalue weighted by Gasteiger charge is 2.16. The van der Waals surface area contributed by atoms with Gasteiger partial charge < -0.3 is 14.8 Å². The summed E-state index contributed by atoms with van der Waals surface area (Å²) in [5, 5.41) is 8.88. The Bertz CT molecular complexity index is 1040. The van der Waals surface area contributed by atoms with Gasteiger partial charge in [-0.2, -0.15) is 0 Å². The second-order valence-electron chi connectivity index (χ2n) is 5.81. The van der Waals surface area contributed by atoms with Crippen molar-refractivity contribution < 1.29 is 14.3 Å². The quantitative estimate of drug-likeness (QED) is 0.600. The molecule has 1 aliphatic rings. The predicted octanol–water partition coefficient (Wildman–Crippen LogP) is 4.36. The Kier molecular flexibility index (Phi) is 5.43. The van der Waals surface area contributed by atoms with Crippen molar-refractivity contribution in [3.8, 4) is 22.8 Å². The number of carbonyl (C=O) groups excluding carboxylic acids is 1. The van der Waals surface area contributed by atoms with Crippen LogP contribution in [0.5, 0.6) is 11.5 Å². The second kappa shape index (κ2) is 8.14. The summed E-state index contributed by atoms with van der Waals surface area (Å²) >= 11 is 12.5. The molecule has 2 N–H and O–H groups in total. The molecule has 0 bridgehead atoms. The number of thiazole rings is 1. The lowest BCUT2D eigenvalue weighted by atomic mass is 10.2. The van der Waals surface area contributed by atoms with Gasteiger partial charge in [0.1, 0.15) is 13.2 Å². The highest BCUT2D eigenvalue weighted by atomic mass is 35.5. The number of rotatable bonds is 3. The number of anilines is 1. The lowest BCUT2D eigenvalue weighted by molar-refractivity contribution is 0.0976. The molecule has 9 heteroatoms. The van der Waals surface area contributed by atoms with Crippen molar-refractivity contribution in [1.29, 1.82) is 0 Å². The van der Waals surface area contributed by atoms with Gasteiger partial charge in [-0.3, -0.25) is 10.1 Å². The van der Waals surface area contributed by atoms with Crippen molar-refractivity contribution in [3.05, 3.63) is 58.4 Å². The fourth-order valence-corrected chi connectivity index (χ4v) is 3.68. The average molecular weight is 432 g/mol. The van der Waals surface area contributed by atoms with Crippen LogP contribution in [0.15, 0.2) is 47.8 Å². The Balaban J connectivity index is 1.39. The van der Waals surface area contributed by atoms with Gasteiger partial charge in [0.05, 0.1) is 5.69 Å². The first-order chi connectivity index (χ1) is 13.6. The summed E-state index contributed by atoms with van der Waals surface area (Å²) in [6.07, 6.45) is 0. The molecule has 6 nitrogen and oxygen atoms in total. The van der Waals surface area contributed by atoms with Crippen molar-refractivity contribution in [2.45, 2.75) is 0 Å². The molecule has 142 valence electrons. The molecular weight excluding hydrogens is 418 g/mol. The van der Waals surface area contributed by atoms with E-state index in [4.69, 9.17) is 33.3 Å². The molecule has 0 spiro atoms. The largest absolute Gasteiger partial charge is 0.486 e. The van der Waals surface area contributed by atoms with Crippen LogP contribution in [0.2, 0.25) is 5.02 Å². The molecule has 0 radical (unpaired) electrons. The summed E-state index contributed by atoms with van der Waals surface area (Å²) < 4.78 is 11.0. The summed E-state index contributed by atoms with van der Waals surface area (Å²) in [5.41, 5.74) is 2.17. The monoisotopic (exact) mass is 431 g/mol. The van der Waals surface area contributed by atoms with E-state index in [2.05, 4.69) is 15.6 Å². The number of hydrogen-bond acceptors (Lipinski definition) is 6. The maximum Gasteiger partial charge on any atom is 0.257 e. The molecule has 0 saturated heterocycles. The lowest BCUT2D eigenvalue weighted by Gasteiger charge is -2.18. The molecule has 0 atom stereocenters. The minimum atomic E-state index is -0.344. The van der Waals surface area contributed by atoms with Crippen LogP contribution in [-0.2, 0) is 0 Å². The zero-order valence-electron chi connectivity index (χ0n) is 14.4. The average Bonchev–Trinajstić information content (AvgIpc) is 3.16. The van der Waals surface area contributed by atoms with Crippen molar-refractivity contribution >= 4 is 51.3 Å². The van der Waals surface area contributed by atoms with Gasteiger partial charge in [-0.1, -0.05) is 23.7 Å². The number of ether oxygens (including phenoxy) is 2. The standard InChI is InChI=1S/C19H14ClN3O3S2/c20-13-4-1-11(2-5-13)14-10-28-19(21-14)23-18(27)22-17(24)12-3-6-15-16(9-12)26-8-7-25-15/h1-6,9-10H,7-8H2,(H2,21,22,23,24,27). The third-order valence-electron chi connectivity index (χ3n) is 3.90. The van der Waals surface area contributed by atoms with Crippen molar-refractivity contribution in [2.75, 3.05) is 18.5 Å². The van der Waals surface area contributed by atoms with Crippen LogP contribution in [0.3, 0.4) is 0 Å². The number of nitrogens with one attached hydrogen (secondary N) is 2. The normalized spacial score (nSPS) is 12.3. The molecule has 0 unspecified atom stereocenters. The van der Waals surface area contributed by atoms with Crippen LogP contribution >= 0.6 is 35.2 Å². The summed E-state index contributed by atoms with van der Waals surface area (Å²) in [6, 6.07) is 12.4. The van der Waals surface area contributed by atoms with Crippen LogP contribution in [0, 0.1) is 0 Å². The van der Waals surface area contributed by atoms with Gasteiger partial charge in [-0.05, 0) is 42.5 Å². The van der Waals surface area contributed by atoms with Crippen molar-refractivity contribution in [3.63, 3.8) is 0 Å². The Morgan fingerprint density at radius 1 is 1.11 bits per heavy atom. The van der Waals surface area contributed by atoms with Crippen molar-refractivity contribution in [1.82, 2.24) is 10.3 Å². The molecule has 2 aromatic carbocycles.